The van der Waals surface area contributed by atoms with E-state index in [0.29, 0.717) is 23.7 Å². The van der Waals surface area contributed by atoms with Crippen LogP contribution in [0.1, 0.15) is 49.9 Å². The number of carbonyl (C=O) groups is 4. The molecule has 30 heavy (non-hydrogen) atoms. The van der Waals surface area contributed by atoms with Crippen molar-refractivity contribution < 1.29 is 23.9 Å². The van der Waals surface area contributed by atoms with Crippen molar-refractivity contribution in [2.24, 2.45) is 0 Å². The van der Waals surface area contributed by atoms with Gasteiger partial charge >= 0.3 is 5.97 Å². The van der Waals surface area contributed by atoms with Crippen LogP contribution in [0, 0.1) is 0 Å². The maximum absolute atomic E-state index is 13.5. The third-order valence-corrected chi connectivity index (χ3v) is 5.71. The Morgan fingerprint density at radius 2 is 1.77 bits per heavy atom. The first kappa shape index (κ1) is 22.2. The normalized spacial score (nSPS) is 22.3. The average molecular weight is 436 g/mol. The number of piperidine rings is 1. The van der Waals surface area contributed by atoms with Gasteiger partial charge in [0.05, 0.1) is 13.0 Å². The van der Waals surface area contributed by atoms with Crippen molar-refractivity contribution in [3.05, 3.63) is 34.9 Å². The molecule has 9 heteroatoms. The fourth-order valence-electron chi connectivity index (χ4n) is 3.99. The number of amides is 3. The van der Waals surface area contributed by atoms with Gasteiger partial charge in [-0.25, -0.2) is 5.01 Å². The van der Waals surface area contributed by atoms with Crippen molar-refractivity contribution in [1.29, 1.82) is 0 Å². The van der Waals surface area contributed by atoms with Gasteiger partial charge in [-0.3, -0.25) is 29.1 Å². The fourth-order valence-corrected chi connectivity index (χ4v) is 4.11. The van der Waals surface area contributed by atoms with Gasteiger partial charge in [-0.2, -0.15) is 0 Å². The van der Waals surface area contributed by atoms with Gasteiger partial charge in [0.15, 0.2) is 0 Å². The Morgan fingerprint density at radius 1 is 1.13 bits per heavy atom. The first-order valence-electron chi connectivity index (χ1n) is 10.1. The minimum atomic E-state index is -1.42. The monoisotopic (exact) mass is 435 g/mol. The molecule has 0 aromatic heterocycles. The highest BCUT2D eigenvalue weighted by molar-refractivity contribution is 6.30. The summed E-state index contributed by atoms with van der Waals surface area (Å²) in [6.07, 6.45) is 2.61. The second-order valence-electron chi connectivity index (χ2n) is 7.68. The van der Waals surface area contributed by atoms with Crippen molar-refractivity contribution in [3.63, 3.8) is 0 Å². The van der Waals surface area contributed by atoms with Crippen molar-refractivity contribution in [1.82, 2.24) is 14.9 Å². The molecule has 2 aliphatic rings. The van der Waals surface area contributed by atoms with E-state index in [1.807, 2.05) is 5.01 Å². The molecule has 1 atom stereocenters. The van der Waals surface area contributed by atoms with Crippen LogP contribution in [0.15, 0.2) is 24.3 Å². The zero-order valence-electron chi connectivity index (χ0n) is 17.2. The molecular formula is C21H26ClN3O5. The first-order valence-corrected chi connectivity index (χ1v) is 10.5. The molecule has 0 unspecified atom stereocenters. The lowest BCUT2D eigenvalue weighted by Gasteiger charge is -2.45. The Hall–Kier alpha value is -2.45. The molecule has 2 fully saturated rings. The summed E-state index contributed by atoms with van der Waals surface area (Å²) < 4.78 is 4.88. The standard InChI is InChI=1S/C21H26ClN3O5/c1-3-30-18(27)14-24-17(26)13-21(2,20(24)29)25(23-11-5-4-6-12-23)19(28)15-7-9-16(22)10-8-15/h7-10H,3-6,11-14H2,1-2H3/t21-/m1/s1. The number of nitrogens with zero attached hydrogens (tertiary/aromatic N) is 3. The Morgan fingerprint density at radius 3 is 2.37 bits per heavy atom. The Kier molecular flexibility index (Phi) is 6.77. The molecule has 3 rings (SSSR count). The van der Waals surface area contributed by atoms with E-state index in [1.54, 1.807) is 38.1 Å². The smallest absolute Gasteiger partial charge is 0.326 e. The SMILES string of the molecule is CCOC(=O)CN1C(=O)C[C@@](C)(N(C(=O)c2ccc(Cl)cc2)N2CCCCC2)C1=O. The van der Waals surface area contributed by atoms with E-state index in [0.717, 1.165) is 24.2 Å². The topological polar surface area (TPSA) is 87.2 Å². The summed E-state index contributed by atoms with van der Waals surface area (Å²) in [6, 6.07) is 6.42. The number of imide groups is 1. The van der Waals surface area contributed by atoms with Gasteiger partial charge in [0.1, 0.15) is 12.1 Å². The predicted octanol–water partition coefficient (Wildman–Crippen LogP) is 2.26. The van der Waals surface area contributed by atoms with Crippen LogP contribution in [0.3, 0.4) is 0 Å². The lowest BCUT2D eigenvalue weighted by Crippen LogP contribution is -2.62. The number of hydrogen-bond acceptors (Lipinski definition) is 6. The van der Waals surface area contributed by atoms with Crippen LogP contribution in [0.2, 0.25) is 5.02 Å². The summed E-state index contributed by atoms with van der Waals surface area (Å²) in [6.45, 7) is 4.15. The highest BCUT2D eigenvalue weighted by Crippen LogP contribution is 2.34. The van der Waals surface area contributed by atoms with Crippen molar-refractivity contribution in [2.75, 3.05) is 26.2 Å². The van der Waals surface area contributed by atoms with Crippen molar-refractivity contribution in [3.8, 4) is 0 Å². The number of benzene rings is 1. The van der Waals surface area contributed by atoms with E-state index in [4.69, 9.17) is 16.3 Å². The third kappa shape index (κ3) is 4.34. The molecule has 0 N–H and O–H groups in total. The van der Waals surface area contributed by atoms with Crippen LogP contribution in [0.4, 0.5) is 0 Å². The van der Waals surface area contributed by atoms with Gasteiger partial charge in [-0.05, 0) is 51.0 Å². The Bertz CT molecular complexity index is 838. The molecule has 1 aromatic rings. The minimum Gasteiger partial charge on any atom is -0.465 e. The average Bonchev–Trinajstić information content (AvgIpc) is 2.93. The van der Waals surface area contributed by atoms with Crippen LogP contribution in [0.5, 0.6) is 0 Å². The summed E-state index contributed by atoms with van der Waals surface area (Å²) in [4.78, 5) is 52.2. The van der Waals surface area contributed by atoms with Gasteiger partial charge in [-0.1, -0.05) is 18.0 Å². The van der Waals surface area contributed by atoms with Gasteiger partial charge in [0.2, 0.25) is 5.91 Å². The third-order valence-electron chi connectivity index (χ3n) is 5.46. The number of likely N-dealkylation sites (tertiary alicyclic amines) is 1. The summed E-state index contributed by atoms with van der Waals surface area (Å²) >= 11 is 5.95. The van der Waals surface area contributed by atoms with Gasteiger partial charge in [0, 0.05) is 23.7 Å². The summed E-state index contributed by atoms with van der Waals surface area (Å²) in [7, 11) is 0. The summed E-state index contributed by atoms with van der Waals surface area (Å²) in [5, 5.41) is 3.76. The maximum atomic E-state index is 13.5. The second-order valence-corrected chi connectivity index (χ2v) is 8.12. The van der Waals surface area contributed by atoms with E-state index < -0.39 is 29.9 Å². The molecule has 8 nitrogen and oxygen atoms in total. The zero-order chi connectivity index (χ0) is 21.9. The quantitative estimate of drug-likeness (QED) is 0.503. The summed E-state index contributed by atoms with van der Waals surface area (Å²) in [5.41, 5.74) is -1.05. The molecule has 0 spiro atoms. The molecule has 0 radical (unpaired) electrons. The number of carbonyl (C=O) groups excluding carboxylic acids is 4. The minimum absolute atomic E-state index is 0.154. The Labute approximate surface area is 180 Å². The molecule has 1 aromatic carbocycles. The number of hydrazine groups is 1. The second kappa shape index (κ2) is 9.14. The first-order chi connectivity index (χ1) is 14.3. The van der Waals surface area contributed by atoms with E-state index >= 15 is 0 Å². The van der Waals surface area contributed by atoms with Crippen molar-refractivity contribution in [2.45, 2.75) is 45.1 Å². The molecule has 2 aliphatic heterocycles. The molecule has 2 saturated heterocycles. The van der Waals surface area contributed by atoms with E-state index in [-0.39, 0.29) is 18.9 Å². The fraction of sp³-hybridized carbons (Fsp3) is 0.524. The molecule has 0 saturated carbocycles. The molecular weight excluding hydrogens is 410 g/mol. The van der Waals surface area contributed by atoms with E-state index in [1.165, 1.54) is 5.01 Å². The highest BCUT2D eigenvalue weighted by Gasteiger charge is 2.56. The van der Waals surface area contributed by atoms with Gasteiger partial charge in [-0.15, -0.1) is 0 Å². The molecule has 2 heterocycles. The van der Waals surface area contributed by atoms with Gasteiger partial charge < -0.3 is 4.74 Å². The molecule has 0 bridgehead atoms. The maximum Gasteiger partial charge on any atom is 0.326 e. The number of ether oxygens (including phenoxy) is 1. The number of hydrogen-bond donors (Lipinski definition) is 0. The van der Waals surface area contributed by atoms with Crippen LogP contribution in [0.25, 0.3) is 0 Å². The lowest BCUT2D eigenvalue weighted by molar-refractivity contribution is -0.156. The zero-order valence-corrected chi connectivity index (χ0v) is 18.0. The van der Waals surface area contributed by atoms with Crippen LogP contribution in [-0.4, -0.2) is 70.4 Å². The number of halogens is 1. The largest absolute Gasteiger partial charge is 0.465 e. The highest BCUT2D eigenvalue weighted by atomic mass is 35.5. The van der Waals surface area contributed by atoms with Crippen LogP contribution in [-0.2, 0) is 19.1 Å². The molecule has 162 valence electrons. The van der Waals surface area contributed by atoms with E-state index in [9.17, 15) is 19.2 Å². The van der Waals surface area contributed by atoms with Crippen LogP contribution < -0.4 is 0 Å². The lowest BCUT2D eigenvalue weighted by atomic mass is 9.97. The molecule has 0 aliphatic carbocycles. The molecule has 3 amide bonds. The van der Waals surface area contributed by atoms with Crippen LogP contribution >= 0.6 is 11.6 Å². The van der Waals surface area contributed by atoms with Gasteiger partial charge in [0.25, 0.3) is 11.8 Å². The van der Waals surface area contributed by atoms with E-state index in [2.05, 4.69) is 0 Å². The number of rotatable bonds is 6. The number of esters is 1. The van der Waals surface area contributed by atoms with Crippen molar-refractivity contribution >= 4 is 35.3 Å². The summed E-state index contributed by atoms with van der Waals surface area (Å²) in [5.74, 6) is -2.11. The Balaban J connectivity index is 1.94. The predicted molar refractivity (Wildman–Crippen MR) is 109 cm³/mol.